The molecule has 0 aromatic carbocycles. The molecule has 1 aliphatic carbocycles. The molecule has 2 fully saturated rings. The molecule has 1 aliphatic heterocycles. The fourth-order valence-electron chi connectivity index (χ4n) is 2.20. The molecule has 0 aromatic heterocycles. The Morgan fingerprint density at radius 2 is 2.25 bits per heavy atom. The van der Waals surface area contributed by atoms with E-state index in [9.17, 15) is 4.79 Å². The molecule has 2 aliphatic rings. The third kappa shape index (κ3) is 3.19. The SMILES string of the molecule is CC1(C)CNCCN1CCC(=O)NC1CC1. The molecule has 16 heavy (non-hydrogen) atoms. The summed E-state index contributed by atoms with van der Waals surface area (Å²) in [5.41, 5.74) is 0.179. The molecule has 1 saturated carbocycles. The predicted molar refractivity (Wildman–Crippen MR) is 64.3 cm³/mol. The zero-order valence-electron chi connectivity index (χ0n) is 10.4. The predicted octanol–water partition coefficient (Wildman–Crippen LogP) is 0.339. The van der Waals surface area contributed by atoms with Crippen molar-refractivity contribution in [1.82, 2.24) is 15.5 Å². The van der Waals surface area contributed by atoms with Gasteiger partial charge in [0, 0.05) is 44.2 Å². The Morgan fingerprint density at radius 1 is 1.50 bits per heavy atom. The van der Waals surface area contributed by atoms with Crippen LogP contribution in [-0.2, 0) is 4.79 Å². The maximum absolute atomic E-state index is 11.6. The first-order chi connectivity index (χ1) is 7.58. The number of carbonyl (C=O) groups excluding carboxylic acids is 1. The van der Waals surface area contributed by atoms with E-state index in [-0.39, 0.29) is 11.4 Å². The van der Waals surface area contributed by atoms with E-state index in [4.69, 9.17) is 0 Å². The van der Waals surface area contributed by atoms with Crippen molar-refractivity contribution in [3.63, 3.8) is 0 Å². The van der Waals surface area contributed by atoms with Crippen molar-refractivity contribution in [1.29, 1.82) is 0 Å². The second kappa shape index (κ2) is 4.72. The summed E-state index contributed by atoms with van der Waals surface area (Å²) in [6.07, 6.45) is 2.98. The second-order valence-electron chi connectivity index (χ2n) is 5.57. The summed E-state index contributed by atoms with van der Waals surface area (Å²) >= 11 is 0. The third-order valence-corrected chi connectivity index (χ3v) is 3.52. The van der Waals surface area contributed by atoms with Gasteiger partial charge >= 0.3 is 0 Å². The Bertz CT molecular complexity index is 261. The van der Waals surface area contributed by atoms with E-state index in [1.165, 1.54) is 12.8 Å². The summed E-state index contributed by atoms with van der Waals surface area (Å²) in [5, 5.41) is 6.43. The van der Waals surface area contributed by atoms with Crippen LogP contribution in [0.3, 0.4) is 0 Å². The molecule has 0 radical (unpaired) electrons. The Hall–Kier alpha value is -0.610. The van der Waals surface area contributed by atoms with Gasteiger partial charge in [-0.3, -0.25) is 9.69 Å². The smallest absolute Gasteiger partial charge is 0.221 e. The number of nitrogens with one attached hydrogen (secondary N) is 2. The van der Waals surface area contributed by atoms with Crippen LogP contribution in [-0.4, -0.2) is 48.6 Å². The maximum atomic E-state index is 11.6. The van der Waals surface area contributed by atoms with Crippen LogP contribution in [0.15, 0.2) is 0 Å². The molecule has 4 nitrogen and oxygen atoms in total. The van der Waals surface area contributed by atoms with Gasteiger partial charge in [-0.15, -0.1) is 0 Å². The normalized spacial score (nSPS) is 25.4. The molecule has 0 aromatic rings. The molecule has 4 heteroatoms. The van der Waals surface area contributed by atoms with Crippen molar-refractivity contribution in [2.45, 2.75) is 44.7 Å². The van der Waals surface area contributed by atoms with Crippen molar-refractivity contribution in [2.24, 2.45) is 0 Å². The number of rotatable bonds is 4. The Balaban J connectivity index is 1.72. The van der Waals surface area contributed by atoms with Gasteiger partial charge in [0.2, 0.25) is 5.91 Å². The van der Waals surface area contributed by atoms with Gasteiger partial charge in [0.1, 0.15) is 0 Å². The zero-order chi connectivity index (χ0) is 11.6. The van der Waals surface area contributed by atoms with Crippen molar-refractivity contribution >= 4 is 5.91 Å². The fourth-order valence-corrected chi connectivity index (χ4v) is 2.20. The Kier molecular flexibility index (Phi) is 3.50. The van der Waals surface area contributed by atoms with Gasteiger partial charge < -0.3 is 10.6 Å². The highest BCUT2D eigenvalue weighted by atomic mass is 16.1. The van der Waals surface area contributed by atoms with Crippen LogP contribution in [0.5, 0.6) is 0 Å². The van der Waals surface area contributed by atoms with Gasteiger partial charge in [0.05, 0.1) is 0 Å². The summed E-state index contributed by atoms with van der Waals surface area (Å²) in [6, 6.07) is 0.489. The standard InChI is InChI=1S/C12H23N3O/c1-12(2)9-13-6-8-15(12)7-5-11(16)14-10-3-4-10/h10,13H,3-9H2,1-2H3,(H,14,16). The summed E-state index contributed by atoms with van der Waals surface area (Å²) in [7, 11) is 0. The second-order valence-corrected chi connectivity index (χ2v) is 5.57. The van der Waals surface area contributed by atoms with Gasteiger partial charge in [-0.2, -0.15) is 0 Å². The number of hydrogen-bond acceptors (Lipinski definition) is 3. The zero-order valence-corrected chi connectivity index (χ0v) is 10.4. The van der Waals surface area contributed by atoms with E-state index in [0.29, 0.717) is 12.5 Å². The third-order valence-electron chi connectivity index (χ3n) is 3.52. The highest BCUT2D eigenvalue weighted by Crippen LogP contribution is 2.19. The summed E-state index contributed by atoms with van der Waals surface area (Å²) < 4.78 is 0. The number of hydrogen-bond donors (Lipinski definition) is 2. The number of carbonyl (C=O) groups is 1. The lowest BCUT2D eigenvalue weighted by atomic mass is 10.00. The van der Waals surface area contributed by atoms with Gasteiger partial charge in [0.15, 0.2) is 0 Å². The number of amides is 1. The van der Waals surface area contributed by atoms with Gasteiger partial charge in [-0.25, -0.2) is 0 Å². The molecule has 1 heterocycles. The first-order valence-electron chi connectivity index (χ1n) is 6.33. The highest BCUT2D eigenvalue weighted by molar-refractivity contribution is 5.76. The van der Waals surface area contributed by atoms with Gasteiger partial charge in [-0.1, -0.05) is 0 Å². The Labute approximate surface area is 97.8 Å². The minimum atomic E-state index is 0.179. The van der Waals surface area contributed by atoms with Crippen LogP contribution >= 0.6 is 0 Å². The van der Waals surface area contributed by atoms with Crippen molar-refractivity contribution in [2.75, 3.05) is 26.2 Å². The van der Waals surface area contributed by atoms with E-state index in [1.54, 1.807) is 0 Å². The average molecular weight is 225 g/mol. The quantitative estimate of drug-likeness (QED) is 0.725. The van der Waals surface area contributed by atoms with Crippen LogP contribution in [0.2, 0.25) is 0 Å². The maximum Gasteiger partial charge on any atom is 0.221 e. The molecule has 0 unspecified atom stereocenters. The average Bonchev–Trinajstić information content (AvgIpc) is 2.99. The summed E-state index contributed by atoms with van der Waals surface area (Å²) in [5.74, 6) is 0.219. The van der Waals surface area contributed by atoms with E-state index in [2.05, 4.69) is 29.4 Å². The lowest BCUT2D eigenvalue weighted by Gasteiger charge is -2.42. The molecular formula is C12H23N3O. The van der Waals surface area contributed by atoms with E-state index < -0.39 is 0 Å². The minimum Gasteiger partial charge on any atom is -0.353 e. The molecule has 1 amide bonds. The lowest BCUT2D eigenvalue weighted by molar-refractivity contribution is -0.121. The Morgan fingerprint density at radius 3 is 2.88 bits per heavy atom. The van der Waals surface area contributed by atoms with E-state index in [1.807, 2.05) is 0 Å². The van der Waals surface area contributed by atoms with Crippen LogP contribution in [0.1, 0.15) is 33.1 Å². The fraction of sp³-hybridized carbons (Fsp3) is 0.917. The molecule has 2 N–H and O–H groups in total. The van der Waals surface area contributed by atoms with Crippen LogP contribution < -0.4 is 10.6 Å². The summed E-state index contributed by atoms with van der Waals surface area (Å²) in [6.45, 7) is 8.44. The van der Waals surface area contributed by atoms with Crippen LogP contribution in [0.4, 0.5) is 0 Å². The van der Waals surface area contributed by atoms with Crippen molar-refractivity contribution in [3.05, 3.63) is 0 Å². The summed E-state index contributed by atoms with van der Waals surface area (Å²) in [4.78, 5) is 14.0. The van der Waals surface area contributed by atoms with Gasteiger partial charge in [-0.05, 0) is 26.7 Å². The first kappa shape index (κ1) is 11.9. The molecule has 0 atom stereocenters. The molecular weight excluding hydrogens is 202 g/mol. The van der Waals surface area contributed by atoms with E-state index >= 15 is 0 Å². The largest absolute Gasteiger partial charge is 0.353 e. The van der Waals surface area contributed by atoms with Crippen LogP contribution in [0.25, 0.3) is 0 Å². The van der Waals surface area contributed by atoms with Crippen LogP contribution in [0, 0.1) is 0 Å². The molecule has 0 spiro atoms. The number of piperazine rings is 1. The van der Waals surface area contributed by atoms with Crippen molar-refractivity contribution in [3.8, 4) is 0 Å². The van der Waals surface area contributed by atoms with Crippen molar-refractivity contribution < 1.29 is 4.79 Å². The monoisotopic (exact) mass is 225 g/mol. The first-order valence-corrected chi connectivity index (χ1v) is 6.33. The molecule has 0 bridgehead atoms. The van der Waals surface area contributed by atoms with E-state index in [0.717, 1.165) is 26.2 Å². The number of nitrogens with zero attached hydrogens (tertiary/aromatic N) is 1. The van der Waals surface area contributed by atoms with Gasteiger partial charge in [0.25, 0.3) is 0 Å². The minimum absolute atomic E-state index is 0.179. The lowest BCUT2D eigenvalue weighted by Crippen LogP contribution is -2.58. The topological polar surface area (TPSA) is 44.4 Å². The highest BCUT2D eigenvalue weighted by Gasteiger charge is 2.30. The molecule has 1 saturated heterocycles. The molecule has 92 valence electrons. The molecule has 2 rings (SSSR count).